The van der Waals surface area contributed by atoms with E-state index in [9.17, 15) is 4.79 Å². The number of benzene rings is 1. The molecule has 0 atom stereocenters. The third kappa shape index (κ3) is 1.90. The van der Waals surface area contributed by atoms with Crippen molar-refractivity contribution in [2.45, 2.75) is 6.54 Å². The van der Waals surface area contributed by atoms with Gasteiger partial charge in [0, 0.05) is 7.05 Å². The molecule has 5 nitrogen and oxygen atoms in total. The number of aryl methyl sites for hydroxylation is 1. The smallest absolute Gasteiger partial charge is 0.345 e. The molecule has 0 radical (unpaired) electrons. The first-order valence-electron chi connectivity index (χ1n) is 4.53. The van der Waals surface area contributed by atoms with Crippen molar-refractivity contribution in [1.29, 1.82) is 0 Å². The number of rotatable bonds is 2. The first-order chi connectivity index (χ1) is 7.16. The number of aromatic nitrogens is 3. The van der Waals surface area contributed by atoms with E-state index in [4.69, 9.17) is 5.11 Å². The molecular formula is C10H11N3O2. The number of nitrogens with zero attached hydrogens (tertiary/aromatic N) is 3. The van der Waals surface area contributed by atoms with Crippen molar-refractivity contribution in [1.82, 2.24) is 14.3 Å². The van der Waals surface area contributed by atoms with Gasteiger partial charge in [0.15, 0.2) is 0 Å². The van der Waals surface area contributed by atoms with E-state index in [1.165, 1.54) is 15.6 Å². The van der Waals surface area contributed by atoms with E-state index in [2.05, 4.69) is 5.10 Å². The van der Waals surface area contributed by atoms with Crippen LogP contribution in [0.3, 0.4) is 0 Å². The highest BCUT2D eigenvalue weighted by Crippen LogP contribution is 2.09. The maximum absolute atomic E-state index is 11.5. The molecule has 1 aromatic heterocycles. The second-order valence-electron chi connectivity index (χ2n) is 3.35. The van der Waals surface area contributed by atoms with Gasteiger partial charge < -0.3 is 5.11 Å². The number of hydrogen-bond acceptors (Lipinski definition) is 3. The molecule has 78 valence electrons. The lowest BCUT2D eigenvalue weighted by Crippen LogP contribution is -2.23. The highest BCUT2D eigenvalue weighted by Gasteiger charge is 2.02. The average molecular weight is 205 g/mol. The maximum Gasteiger partial charge on any atom is 0.345 e. The molecule has 0 aliphatic carbocycles. The Balaban J connectivity index is 2.26. The summed E-state index contributed by atoms with van der Waals surface area (Å²) in [5.74, 6) is 0.215. The Hall–Kier alpha value is -2.04. The van der Waals surface area contributed by atoms with Gasteiger partial charge in [0.1, 0.15) is 12.1 Å². The Morgan fingerprint density at radius 3 is 2.53 bits per heavy atom. The van der Waals surface area contributed by atoms with Gasteiger partial charge in [-0.1, -0.05) is 12.1 Å². The van der Waals surface area contributed by atoms with Crippen LogP contribution in [0.2, 0.25) is 0 Å². The van der Waals surface area contributed by atoms with Crippen molar-refractivity contribution < 1.29 is 5.11 Å². The molecule has 0 unspecified atom stereocenters. The molecule has 0 saturated carbocycles. The van der Waals surface area contributed by atoms with Gasteiger partial charge in [0.25, 0.3) is 0 Å². The van der Waals surface area contributed by atoms with Gasteiger partial charge in [-0.3, -0.25) is 4.57 Å². The summed E-state index contributed by atoms with van der Waals surface area (Å²) in [5.41, 5.74) is 0.775. The molecule has 2 aromatic rings. The van der Waals surface area contributed by atoms with Crippen molar-refractivity contribution in [2.75, 3.05) is 0 Å². The second kappa shape index (κ2) is 3.61. The molecule has 0 fully saturated rings. The zero-order chi connectivity index (χ0) is 10.8. The van der Waals surface area contributed by atoms with Crippen LogP contribution in [0.4, 0.5) is 0 Å². The molecule has 1 heterocycles. The lowest BCUT2D eigenvalue weighted by Gasteiger charge is -2.00. The summed E-state index contributed by atoms with van der Waals surface area (Å²) in [5, 5.41) is 13.0. The van der Waals surface area contributed by atoms with E-state index < -0.39 is 0 Å². The number of hydrogen-bond donors (Lipinski definition) is 1. The fourth-order valence-electron chi connectivity index (χ4n) is 1.30. The normalized spacial score (nSPS) is 10.5. The minimum Gasteiger partial charge on any atom is -0.508 e. The number of phenolic OH excluding ortho intramolecular Hbond substituents is 1. The van der Waals surface area contributed by atoms with Crippen LogP contribution in [-0.2, 0) is 13.6 Å². The predicted molar refractivity (Wildman–Crippen MR) is 54.7 cm³/mol. The molecule has 15 heavy (non-hydrogen) atoms. The van der Waals surface area contributed by atoms with E-state index in [1.54, 1.807) is 31.3 Å². The molecule has 1 aromatic carbocycles. The molecule has 2 rings (SSSR count). The number of phenols is 1. The van der Waals surface area contributed by atoms with Crippen LogP contribution in [0.1, 0.15) is 5.56 Å². The van der Waals surface area contributed by atoms with E-state index in [1.807, 2.05) is 0 Å². The highest BCUT2D eigenvalue weighted by atomic mass is 16.3. The van der Waals surface area contributed by atoms with Crippen LogP contribution in [0.25, 0.3) is 0 Å². The topological polar surface area (TPSA) is 60.1 Å². The summed E-state index contributed by atoms with van der Waals surface area (Å²) in [4.78, 5) is 11.5. The van der Waals surface area contributed by atoms with Gasteiger partial charge in [0.05, 0.1) is 6.54 Å². The molecule has 0 amide bonds. The maximum atomic E-state index is 11.5. The standard InChI is InChI=1S/C10H11N3O2/c1-12-7-11-13(10(12)15)6-8-2-4-9(14)5-3-8/h2-5,7,14H,6H2,1H3. The van der Waals surface area contributed by atoms with Crippen LogP contribution >= 0.6 is 0 Å². The van der Waals surface area contributed by atoms with Crippen LogP contribution < -0.4 is 5.69 Å². The summed E-state index contributed by atoms with van der Waals surface area (Å²) in [6.07, 6.45) is 1.47. The molecule has 0 bridgehead atoms. The van der Waals surface area contributed by atoms with Crippen LogP contribution in [0, 0.1) is 0 Å². The first kappa shape index (κ1) is 9.51. The van der Waals surface area contributed by atoms with Gasteiger partial charge in [-0.05, 0) is 17.7 Å². The minimum absolute atomic E-state index is 0.150. The van der Waals surface area contributed by atoms with Crippen molar-refractivity contribution in [3.8, 4) is 5.75 Å². The molecule has 0 saturated heterocycles. The molecule has 0 aliphatic heterocycles. The zero-order valence-electron chi connectivity index (χ0n) is 8.29. The lowest BCUT2D eigenvalue weighted by molar-refractivity contribution is 0.475. The van der Waals surface area contributed by atoms with Crippen molar-refractivity contribution in [3.05, 3.63) is 46.6 Å². The molecule has 1 N–H and O–H groups in total. The molecule has 0 aliphatic rings. The minimum atomic E-state index is -0.150. The van der Waals surface area contributed by atoms with E-state index >= 15 is 0 Å². The Bertz CT molecular complexity index is 510. The number of aromatic hydroxyl groups is 1. The first-order valence-corrected chi connectivity index (χ1v) is 4.53. The third-order valence-electron chi connectivity index (χ3n) is 2.16. The Morgan fingerprint density at radius 2 is 2.00 bits per heavy atom. The van der Waals surface area contributed by atoms with Crippen molar-refractivity contribution in [3.63, 3.8) is 0 Å². The summed E-state index contributed by atoms with van der Waals surface area (Å²) >= 11 is 0. The zero-order valence-corrected chi connectivity index (χ0v) is 8.29. The second-order valence-corrected chi connectivity index (χ2v) is 3.35. The highest BCUT2D eigenvalue weighted by molar-refractivity contribution is 5.25. The molecule has 0 spiro atoms. The summed E-state index contributed by atoms with van der Waals surface area (Å²) in [6, 6.07) is 6.69. The van der Waals surface area contributed by atoms with Gasteiger partial charge >= 0.3 is 5.69 Å². The molecular weight excluding hydrogens is 194 g/mol. The van der Waals surface area contributed by atoms with Crippen LogP contribution in [-0.4, -0.2) is 19.5 Å². The van der Waals surface area contributed by atoms with Gasteiger partial charge in [-0.2, -0.15) is 5.10 Å². The summed E-state index contributed by atoms with van der Waals surface area (Å²) in [6.45, 7) is 0.417. The Kier molecular flexibility index (Phi) is 2.29. The fourth-order valence-corrected chi connectivity index (χ4v) is 1.30. The summed E-state index contributed by atoms with van der Waals surface area (Å²) in [7, 11) is 1.66. The van der Waals surface area contributed by atoms with Crippen LogP contribution in [0.15, 0.2) is 35.4 Å². The summed E-state index contributed by atoms with van der Waals surface area (Å²) < 4.78 is 2.78. The average Bonchev–Trinajstić information content (AvgIpc) is 2.53. The van der Waals surface area contributed by atoms with Crippen LogP contribution in [0.5, 0.6) is 5.75 Å². The van der Waals surface area contributed by atoms with Crippen molar-refractivity contribution in [2.24, 2.45) is 7.05 Å². The van der Waals surface area contributed by atoms with E-state index in [-0.39, 0.29) is 11.4 Å². The predicted octanol–water partition coefficient (Wildman–Crippen LogP) is 0.336. The SMILES string of the molecule is Cn1cnn(Cc2ccc(O)cc2)c1=O. The Morgan fingerprint density at radius 1 is 1.33 bits per heavy atom. The largest absolute Gasteiger partial charge is 0.508 e. The van der Waals surface area contributed by atoms with Gasteiger partial charge in [0.2, 0.25) is 0 Å². The monoisotopic (exact) mass is 205 g/mol. The third-order valence-corrected chi connectivity index (χ3v) is 2.16. The lowest BCUT2D eigenvalue weighted by atomic mass is 10.2. The fraction of sp³-hybridized carbons (Fsp3) is 0.200. The van der Waals surface area contributed by atoms with Crippen molar-refractivity contribution >= 4 is 0 Å². The molecule has 5 heteroatoms. The quantitative estimate of drug-likeness (QED) is 0.768. The van der Waals surface area contributed by atoms with Gasteiger partial charge in [-0.25, -0.2) is 9.48 Å². The van der Waals surface area contributed by atoms with Gasteiger partial charge in [-0.15, -0.1) is 0 Å². The Labute approximate surface area is 86.2 Å². The van der Waals surface area contributed by atoms with E-state index in [0.717, 1.165) is 5.56 Å². The van der Waals surface area contributed by atoms with E-state index in [0.29, 0.717) is 6.54 Å².